The molecule has 1 aliphatic carbocycles. The number of fused-ring (bicyclic) bond motifs is 4. The molecule has 0 radical (unpaired) electrons. The molecule has 1 aromatic rings. The van der Waals surface area contributed by atoms with Crippen LogP contribution in [0.3, 0.4) is 0 Å². The Bertz CT molecular complexity index is 695. The number of aliphatic hydroxyl groups is 2. The van der Waals surface area contributed by atoms with Crippen LogP contribution in [0.15, 0.2) is 52.9 Å². The van der Waals surface area contributed by atoms with E-state index in [9.17, 15) is 10.2 Å². The second kappa shape index (κ2) is 4.88. The van der Waals surface area contributed by atoms with E-state index >= 15 is 0 Å². The Hall–Kier alpha value is -2.27. The van der Waals surface area contributed by atoms with Gasteiger partial charge in [0.05, 0.1) is 25.1 Å². The number of hydrogen-bond acceptors (Lipinski definition) is 5. The van der Waals surface area contributed by atoms with Crippen LogP contribution in [0, 0.1) is 5.92 Å². The molecule has 0 saturated carbocycles. The van der Waals surface area contributed by atoms with E-state index in [1.54, 1.807) is 12.2 Å². The molecule has 4 atom stereocenters. The summed E-state index contributed by atoms with van der Waals surface area (Å²) in [5.41, 5.74) is 2.28. The zero-order valence-corrected chi connectivity index (χ0v) is 12.3. The molecule has 2 N–H and O–H groups in total. The van der Waals surface area contributed by atoms with Crippen LogP contribution in [-0.4, -0.2) is 41.8 Å². The first-order valence-electron chi connectivity index (χ1n) is 7.43. The molecule has 114 valence electrons. The van der Waals surface area contributed by atoms with Gasteiger partial charge in [0, 0.05) is 11.9 Å². The smallest absolute Gasteiger partial charge is 0.156 e. The normalized spacial score (nSPS) is 32.4. The van der Waals surface area contributed by atoms with E-state index in [1.165, 1.54) is 12.7 Å². The number of aliphatic imine (C=N–C) groups is 1. The molecule has 0 saturated heterocycles. The second-order valence-corrected chi connectivity index (χ2v) is 5.87. The zero-order chi connectivity index (χ0) is 15.3. The Balaban J connectivity index is 1.76. The lowest BCUT2D eigenvalue weighted by atomic mass is 9.91. The van der Waals surface area contributed by atoms with Crippen molar-refractivity contribution in [2.45, 2.75) is 24.7 Å². The van der Waals surface area contributed by atoms with E-state index in [-0.39, 0.29) is 23.8 Å². The average molecular weight is 298 g/mol. The molecule has 0 aromatic heterocycles. The predicted octanol–water partition coefficient (Wildman–Crippen LogP) is 1.79. The minimum Gasteiger partial charge on any atom is -0.504 e. The van der Waals surface area contributed by atoms with E-state index in [4.69, 9.17) is 4.74 Å². The molecular weight excluding hydrogens is 280 g/mol. The maximum absolute atomic E-state index is 10.9. The molecule has 22 heavy (non-hydrogen) atoms. The van der Waals surface area contributed by atoms with Crippen molar-refractivity contribution in [3.63, 3.8) is 0 Å². The number of aliphatic hydroxyl groups excluding tert-OH is 2. The number of nitrogens with zero attached hydrogens (tertiary/aromatic N) is 2. The maximum Gasteiger partial charge on any atom is 0.156 e. The monoisotopic (exact) mass is 298 g/mol. The highest BCUT2D eigenvalue weighted by atomic mass is 16.5. The van der Waals surface area contributed by atoms with Gasteiger partial charge in [0.1, 0.15) is 6.23 Å². The molecule has 3 aliphatic rings. The van der Waals surface area contributed by atoms with Crippen LogP contribution in [0.5, 0.6) is 0 Å². The van der Waals surface area contributed by atoms with Crippen LogP contribution in [0.4, 0.5) is 5.69 Å². The van der Waals surface area contributed by atoms with Gasteiger partial charge in [-0.25, -0.2) is 0 Å². The Kier molecular flexibility index (Phi) is 2.97. The van der Waals surface area contributed by atoms with Gasteiger partial charge in [0.25, 0.3) is 0 Å². The zero-order valence-electron chi connectivity index (χ0n) is 12.3. The van der Waals surface area contributed by atoms with E-state index in [0.29, 0.717) is 5.76 Å². The Morgan fingerprint density at radius 1 is 1.27 bits per heavy atom. The van der Waals surface area contributed by atoms with E-state index in [2.05, 4.69) is 11.1 Å². The predicted molar refractivity (Wildman–Crippen MR) is 84.0 cm³/mol. The van der Waals surface area contributed by atoms with Crippen molar-refractivity contribution < 1.29 is 14.9 Å². The Morgan fingerprint density at radius 3 is 2.91 bits per heavy atom. The highest BCUT2D eigenvalue weighted by molar-refractivity contribution is 5.78. The van der Waals surface area contributed by atoms with Gasteiger partial charge in [-0.05, 0) is 30.2 Å². The van der Waals surface area contributed by atoms with Gasteiger partial charge in [-0.1, -0.05) is 18.2 Å². The number of methoxy groups -OCH3 is 1. The summed E-state index contributed by atoms with van der Waals surface area (Å²) in [4.78, 5) is 6.59. The summed E-state index contributed by atoms with van der Waals surface area (Å²) < 4.78 is 5.18. The van der Waals surface area contributed by atoms with Gasteiger partial charge in [-0.15, -0.1) is 0 Å². The highest BCUT2D eigenvalue weighted by Crippen LogP contribution is 2.39. The Labute approximate surface area is 128 Å². The minimum absolute atomic E-state index is 0.0490. The van der Waals surface area contributed by atoms with E-state index in [0.717, 1.165) is 12.1 Å². The van der Waals surface area contributed by atoms with Crippen LogP contribution in [0.1, 0.15) is 5.56 Å². The number of rotatable bonds is 1. The molecule has 2 heterocycles. The maximum atomic E-state index is 10.9. The number of para-hydroxylation sites is 1. The summed E-state index contributed by atoms with van der Waals surface area (Å²) in [7, 11) is 1.51. The third-order valence-corrected chi connectivity index (χ3v) is 4.65. The first-order chi connectivity index (χ1) is 10.7. The lowest BCUT2D eigenvalue weighted by Crippen LogP contribution is -2.46. The Morgan fingerprint density at radius 2 is 2.09 bits per heavy atom. The van der Waals surface area contributed by atoms with Gasteiger partial charge >= 0.3 is 0 Å². The van der Waals surface area contributed by atoms with E-state index in [1.807, 2.05) is 29.3 Å². The first kappa shape index (κ1) is 13.4. The summed E-state index contributed by atoms with van der Waals surface area (Å²) in [6.07, 6.45) is 5.44. The van der Waals surface area contributed by atoms with Gasteiger partial charge in [-0.2, -0.15) is 0 Å². The van der Waals surface area contributed by atoms with Gasteiger partial charge in [0.15, 0.2) is 11.5 Å². The van der Waals surface area contributed by atoms with Crippen LogP contribution < -0.4 is 4.90 Å². The molecule has 0 spiro atoms. The van der Waals surface area contributed by atoms with Crippen LogP contribution in [0.25, 0.3) is 0 Å². The molecule has 0 amide bonds. The highest BCUT2D eigenvalue weighted by Gasteiger charge is 2.41. The van der Waals surface area contributed by atoms with Gasteiger partial charge in [-0.3, -0.25) is 4.99 Å². The molecule has 2 aliphatic heterocycles. The lowest BCUT2D eigenvalue weighted by molar-refractivity contribution is 0.114. The largest absolute Gasteiger partial charge is 0.504 e. The standard InChI is InChI=1S/C17H18N2O3/c1-22-16-7-12-13(8-15(16)20)18-9-11-6-10-4-2-3-5-14(10)19(11)17(12)21/h2-5,7-9,11-13,17,20-21H,6H2,1H3. The molecule has 4 unspecified atom stereocenters. The molecule has 4 rings (SSSR count). The summed E-state index contributed by atoms with van der Waals surface area (Å²) in [6, 6.07) is 7.90. The van der Waals surface area contributed by atoms with Crippen LogP contribution in [-0.2, 0) is 11.2 Å². The molecule has 1 aromatic carbocycles. The molecule has 0 bridgehead atoms. The fourth-order valence-corrected chi connectivity index (χ4v) is 3.58. The fourth-order valence-electron chi connectivity index (χ4n) is 3.58. The topological polar surface area (TPSA) is 65.3 Å². The van der Waals surface area contributed by atoms with Crippen molar-refractivity contribution in [2.75, 3.05) is 12.0 Å². The van der Waals surface area contributed by atoms with E-state index < -0.39 is 6.23 Å². The minimum atomic E-state index is -0.712. The molecular formula is C17H18N2O3. The van der Waals surface area contributed by atoms with Crippen molar-refractivity contribution in [3.8, 4) is 0 Å². The second-order valence-electron chi connectivity index (χ2n) is 5.87. The number of anilines is 1. The molecule has 5 nitrogen and oxygen atoms in total. The van der Waals surface area contributed by atoms with Crippen molar-refractivity contribution in [1.29, 1.82) is 0 Å². The molecule has 5 heteroatoms. The summed E-state index contributed by atoms with van der Waals surface area (Å²) in [6.45, 7) is 0. The third kappa shape index (κ3) is 1.85. The fraction of sp³-hybridized carbons (Fsp3) is 0.353. The van der Waals surface area contributed by atoms with Crippen LogP contribution >= 0.6 is 0 Å². The third-order valence-electron chi connectivity index (χ3n) is 4.65. The first-order valence-corrected chi connectivity index (χ1v) is 7.43. The van der Waals surface area contributed by atoms with Gasteiger partial charge < -0.3 is 19.8 Å². The van der Waals surface area contributed by atoms with Crippen molar-refractivity contribution in [1.82, 2.24) is 0 Å². The number of benzene rings is 1. The van der Waals surface area contributed by atoms with Gasteiger partial charge in [0.2, 0.25) is 0 Å². The summed E-state index contributed by atoms with van der Waals surface area (Å²) >= 11 is 0. The van der Waals surface area contributed by atoms with Crippen molar-refractivity contribution in [3.05, 3.63) is 53.5 Å². The quantitative estimate of drug-likeness (QED) is 0.829. The number of hydrogen-bond donors (Lipinski definition) is 2. The molecule has 0 fully saturated rings. The number of ether oxygens (including phenoxy) is 1. The summed E-state index contributed by atoms with van der Waals surface area (Å²) in [5, 5.41) is 20.9. The van der Waals surface area contributed by atoms with Crippen molar-refractivity contribution in [2.24, 2.45) is 10.9 Å². The summed E-state index contributed by atoms with van der Waals surface area (Å²) in [5.74, 6) is 0.218. The lowest BCUT2D eigenvalue weighted by Gasteiger charge is -2.34. The van der Waals surface area contributed by atoms with Crippen molar-refractivity contribution >= 4 is 11.9 Å². The SMILES string of the molecule is COC1=CC2C(C=C1O)N=CC1Cc3ccccc3N1C2O. The van der Waals surface area contributed by atoms with Crippen LogP contribution in [0.2, 0.25) is 0 Å². The average Bonchev–Trinajstić information content (AvgIpc) is 2.84.